The Kier molecular flexibility index (Phi) is 9.86. The van der Waals surface area contributed by atoms with Crippen LogP contribution in [0.5, 0.6) is 5.75 Å². The average Bonchev–Trinajstić information content (AvgIpc) is 3.74. The van der Waals surface area contributed by atoms with E-state index in [-0.39, 0.29) is 29.4 Å². The second-order valence-electron chi connectivity index (χ2n) is 10.6. The highest BCUT2D eigenvalue weighted by Crippen LogP contribution is 2.38. The third-order valence-electron chi connectivity index (χ3n) is 7.62. The molecule has 2 aromatic rings. The number of sulfonamides is 1. The molecule has 0 bridgehead atoms. The van der Waals surface area contributed by atoms with Crippen LogP contribution in [-0.2, 0) is 19.6 Å². The van der Waals surface area contributed by atoms with Gasteiger partial charge in [0, 0.05) is 51.7 Å². The molecule has 43 heavy (non-hydrogen) atoms. The summed E-state index contributed by atoms with van der Waals surface area (Å²) in [6.07, 6.45) is 3.64. The number of hydrogen-bond acceptors (Lipinski definition) is 8. The molecule has 1 aromatic carbocycles. The third-order valence-corrected chi connectivity index (χ3v) is 10.3. The fraction of sp³-hybridized carbons (Fsp3) is 0.519. The number of nitrogens with one attached hydrogen (secondary N) is 2. The zero-order chi connectivity index (χ0) is 30.7. The van der Waals surface area contributed by atoms with Gasteiger partial charge in [0.25, 0.3) is 5.91 Å². The Bertz CT molecular complexity index is 1460. The van der Waals surface area contributed by atoms with Crippen molar-refractivity contribution in [1.82, 2.24) is 19.8 Å². The van der Waals surface area contributed by atoms with E-state index in [0.29, 0.717) is 49.4 Å². The van der Waals surface area contributed by atoms with E-state index in [1.165, 1.54) is 34.1 Å². The van der Waals surface area contributed by atoms with Crippen molar-refractivity contribution in [2.75, 3.05) is 44.2 Å². The number of hydrogen-bond donors (Lipinski definition) is 2. The van der Waals surface area contributed by atoms with Crippen LogP contribution in [0.4, 0.5) is 14.5 Å². The summed E-state index contributed by atoms with van der Waals surface area (Å²) >= 11 is 6.95. The number of thiophene rings is 1. The molecule has 0 unspecified atom stereocenters. The van der Waals surface area contributed by atoms with Crippen molar-refractivity contribution in [1.29, 1.82) is 0 Å². The molecule has 234 valence electrons. The van der Waals surface area contributed by atoms with Gasteiger partial charge in [-0.2, -0.15) is 13.5 Å². The van der Waals surface area contributed by atoms with Crippen molar-refractivity contribution < 1.29 is 36.3 Å². The lowest BCUT2D eigenvalue weighted by Gasteiger charge is -2.36. The second kappa shape index (κ2) is 13.4. The number of alkyl halides is 2. The Balaban J connectivity index is 1.41. The van der Waals surface area contributed by atoms with Crippen molar-refractivity contribution in [2.45, 2.75) is 55.7 Å². The Labute approximate surface area is 257 Å². The van der Waals surface area contributed by atoms with Gasteiger partial charge in [0.15, 0.2) is 5.75 Å². The Morgan fingerprint density at radius 1 is 1.07 bits per heavy atom. The molecule has 1 aromatic heterocycles. The maximum absolute atomic E-state index is 13.8. The molecule has 5 rings (SSSR count). The summed E-state index contributed by atoms with van der Waals surface area (Å²) in [4.78, 5) is 43.7. The zero-order valence-electron chi connectivity index (χ0n) is 23.1. The fourth-order valence-electron chi connectivity index (χ4n) is 5.31. The number of nitrogens with zero attached hydrogens (tertiary/aromatic N) is 3. The molecule has 2 saturated heterocycles. The number of piperazine rings is 1. The molecule has 16 heteroatoms. The number of rotatable bonds is 11. The van der Waals surface area contributed by atoms with E-state index < -0.39 is 51.7 Å². The molecule has 3 heterocycles. The standard InChI is InChI=1S/C27H32ClF2N5O6S2/c28-22-10-9-20(42-22)25(37)31-16-18(26(38)34-14-12-33(13-15-34)17-7-8-17)32-43(39,40)21-5-3-4-19(24(21)41-27(29)30)35-11-2-1-6-23(35)36/h3-5,9-10,17-18,27,32H,1-2,6-8,11-16H2,(H,31,37)/t18-/m0/s1. The number of amides is 3. The molecule has 0 spiro atoms. The van der Waals surface area contributed by atoms with Crippen LogP contribution >= 0.6 is 22.9 Å². The van der Waals surface area contributed by atoms with Crippen molar-refractivity contribution >= 4 is 56.4 Å². The monoisotopic (exact) mass is 659 g/mol. The van der Waals surface area contributed by atoms with Gasteiger partial charge < -0.3 is 19.9 Å². The van der Waals surface area contributed by atoms with Gasteiger partial charge in [0.05, 0.1) is 14.9 Å². The predicted molar refractivity (Wildman–Crippen MR) is 156 cm³/mol. The van der Waals surface area contributed by atoms with E-state index in [1.54, 1.807) is 0 Å². The van der Waals surface area contributed by atoms with Gasteiger partial charge in [0.1, 0.15) is 10.9 Å². The average molecular weight is 660 g/mol. The topological polar surface area (TPSA) is 128 Å². The largest absolute Gasteiger partial charge is 0.431 e. The summed E-state index contributed by atoms with van der Waals surface area (Å²) in [5.41, 5.74) is -0.102. The van der Waals surface area contributed by atoms with Crippen molar-refractivity contribution in [3.63, 3.8) is 0 Å². The highest BCUT2D eigenvalue weighted by Gasteiger charge is 2.37. The van der Waals surface area contributed by atoms with Crippen molar-refractivity contribution in [3.05, 3.63) is 39.5 Å². The van der Waals surface area contributed by atoms with Gasteiger partial charge >= 0.3 is 6.61 Å². The molecule has 2 aliphatic heterocycles. The van der Waals surface area contributed by atoms with Gasteiger partial charge in [-0.1, -0.05) is 17.7 Å². The lowest BCUT2D eigenvalue weighted by atomic mass is 10.1. The normalized spacial score (nSPS) is 19.0. The Morgan fingerprint density at radius 3 is 2.44 bits per heavy atom. The van der Waals surface area contributed by atoms with Crippen LogP contribution < -0.4 is 19.7 Å². The molecule has 3 fully saturated rings. The highest BCUT2D eigenvalue weighted by atomic mass is 35.5. The van der Waals surface area contributed by atoms with Crippen LogP contribution in [0, 0.1) is 0 Å². The van der Waals surface area contributed by atoms with Gasteiger partial charge in [-0.25, -0.2) is 8.42 Å². The lowest BCUT2D eigenvalue weighted by Crippen LogP contribution is -2.58. The van der Waals surface area contributed by atoms with Gasteiger partial charge in [-0.15, -0.1) is 11.3 Å². The van der Waals surface area contributed by atoms with E-state index in [2.05, 4.69) is 14.9 Å². The summed E-state index contributed by atoms with van der Waals surface area (Å²) in [6, 6.07) is 5.82. The highest BCUT2D eigenvalue weighted by molar-refractivity contribution is 7.89. The van der Waals surface area contributed by atoms with Gasteiger partial charge in [-0.05, 0) is 49.9 Å². The maximum Gasteiger partial charge on any atom is 0.387 e. The van der Waals surface area contributed by atoms with Crippen LogP contribution in [0.2, 0.25) is 4.34 Å². The molecule has 3 amide bonds. The minimum atomic E-state index is -4.69. The van der Waals surface area contributed by atoms with Crippen molar-refractivity contribution in [3.8, 4) is 5.75 Å². The van der Waals surface area contributed by atoms with Crippen LogP contribution in [0.3, 0.4) is 0 Å². The first-order valence-corrected chi connectivity index (χ1v) is 16.7. The smallest absolute Gasteiger partial charge is 0.387 e. The van der Waals surface area contributed by atoms with Crippen LogP contribution in [0.25, 0.3) is 0 Å². The number of halogens is 3. The molecule has 11 nitrogen and oxygen atoms in total. The van der Waals surface area contributed by atoms with E-state index in [4.69, 9.17) is 16.3 Å². The van der Waals surface area contributed by atoms with Gasteiger partial charge in [0.2, 0.25) is 21.8 Å². The number of piperidine rings is 1. The minimum Gasteiger partial charge on any atom is -0.431 e. The van der Waals surface area contributed by atoms with Gasteiger partial charge in [-0.3, -0.25) is 19.3 Å². The minimum absolute atomic E-state index is 0.102. The molecule has 1 atom stereocenters. The quantitative estimate of drug-likeness (QED) is 0.380. The van der Waals surface area contributed by atoms with Crippen LogP contribution in [0.15, 0.2) is 35.2 Å². The number of carbonyl (C=O) groups is 3. The third kappa shape index (κ3) is 7.63. The lowest BCUT2D eigenvalue weighted by molar-refractivity contribution is -0.134. The van der Waals surface area contributed by atoms with Crippen molar-refractivity contribution in [2.24, 2.45) is 0 Å². The molecular weight excluding hydrogens is 628 g/mol. The molecule has 3 aliphatic rings. The Morgan fingerprint density at radius 2 is 1.81 bits per heavy atom. The molecule has 1 saturated carbocycles. The van der Waals surface area contributed by atoms with E-state index >= 15 is 0 Å². The SMILES string of the molecule is O=C(NC[C@H](NS(=O)(=O)c1cccc(N2CCCCC2=O)c1OC(F)F)C(=O)N1CCN(C2CC2)CC1)c1ccc(Cl)s1. The number of ether oxygens (including phenoxy) is 1. The first-order chi connectivity index (χ1) is 20.5. The molecule has 0 radical (unpaired) electrons. The summed E-state index contributed by atoms with van der Waals surface area (Å²) in [6.45, 7) is -1.58. The summed E-state index contributed by atoms with van der Waals surface area (Å²) in [7, 11) is -4.69. The molecule has 1 aliphatic carbocycles. The number of carbonyl (C=O) groups excluding carboxylic acids is 3. The summed E-state index contributed by atoms with van der Waals surface area (Å²) in [5.74, 6) is -2.16. The number of benzene rings is 1. The van der Waals surface area contributed by atoms with E-state index in [0.717, 1.165) is 30.2 Å². The predicted octanol–water partition coefficient (Wildman–Crippen LogP) is 2.90. The van der Waals surface area contributed by atoms with E-state index in [1.807, 2.05) is 0 Å². The molecule has 2 N–H and O–H groups in total. The van der Waals surface area contributed by atoms with E-state index in [9.17, 15) is 31.6 Å². The first kappa shape index (κ1) is 31.6. The summed E-state index contributed by atoms with van der Waals surface area (Å²) in [5, 5.41) is 2.58. The fourth-order valence-corrected chi connectivity index (χ4v) is 7.61. The number of para-hydroxylation sites is 1. The number of anilines is 1. The molecular formula is C27H32ClF2N5O6S2. The van der Waals surface area contributed by atoms with Crippen LogP contribution in [-0.4, -0.2) is 93.9 Å². The summed E-state index contributed by atoms with van der Waals surface area (Å²) < 4.78 is 62.1. The Hall–Kier alpha value is -2.85. The zero-order valence-corrected chi connectivity index (χ0v) is 25.5. The first-order valence-electron chi connectivity index (χ1n) is 14.0. The second-order valence-corrected chi connectivity index (χ2v) is 14.0. The van der Waals surface area contributed by atoms with Crippen LogP contribution in [0.1, 0.15) is 41.8 Å². The maximum atomic E-state index is 13.8.